The van der Waals surface area contributed by atoms with Gasteiger partial charge in [-0.05, 0) is 37.1 Å². The molecule has 1 aliphatic rings. The topological polar surface area (TPSA) is 91.8 Å². The Labute approximate surface area is 154 Å². The third kappa shape index (κ3) is 8.17. The van der Waals surface area contributed by atoms with Gasteiger partial charge in [-0.1, -0.05) is 6.07 Å². The fourth-order valence-electron chi connectivity index (χ4n) is 2.54. The molecule has 1 fully saturated rings. The number of hydrogen-bond acceptors (Lipinski definition) is 5. The third-order valence-corrected chi connectivity index (χ3v) is 6.22. The predicted octanol–water partition coefficient (Wildman–Crippen LogP) is 0.944. The Morgan fingerprint density at radius 2 is 2.20 bits per heavy atom. The number of nitrogens with one attached hydrogen (secondary N) is 3. The van der Waals surface area contributed by atoms with Crippen LogP contribution in [0.2, 0.25) is 0 Å². The zero-order valence-electron chi connectivity index (χ0n) is 14.7. The van der Waals surface area contributed by atoms with E-state index in [-0.39, 0.29) is 11.9 Å². The first-order valence-corrected chi connectivity index (χ1v) is 11.2. The number of ether oxygens (including phenoxy) is 1. The number of aliphatic imine (C=N–C) groups is 1. The summed E-state index contributed by atoms with van der Waals surface area (Å²) >= 11 is 1.72. The Morgan fingerprint density at radius 3 is 2.88 bits per heavy atom. The smallest absolute Gasteiger partial charge is 0.213 e. The SMILES string of the molecule is CN=C(NCCc1cccs1)NCCS(=O)(=O)NCC1CCCCO1. The van der Waals surface area contributed by atoms with Gasteiger partial charge in [-0.25, -0.2) is 13.1 Å². The number of thiophene rings is 1. The molecule has 142 valence electrons. The van der Waals surface area contributed by atoms with Crippen LogP contribution in [0, 0.1) is 0 Å². The van der Waals surface area contributed by atoms with Crippen molar-refractivity contribution in [3.8, 4) is 0 Å². The highest BCUT2D eigenvalue weighted by atomic mass is 32.2. The molecule has 0 spiro atoms. The summed E-state index contributed by atoms with van der Waals surface area (Å²) < 4.78 is 32.3. The van der Waals surface area contributed by atoms with Crippen LogP contribution in [0.1, 0.15) is 24.1 Å². The molecule has 1 unspecified atom stereocenters. The normalized spacial score (nSPS) is 18.9. The van der Waals surface area contributed by atoms with Gasteiger partial charge >= 0.3 is 0 Å². The first-order chi connectivity index (χ1) is 12.1. The Bertz CT molecular complexity index is 611. The molecule has 1 atom stereocenters. The van der Waals surface area contributed by atoms with Gasteiger partial charge in [0.25, 0.3) is 0 Å². The van der Waals surface area contributed by atoms with Crippen molar-refractivity contribution in [3.05, 3.63) is 22.4 Å². The maximum atomic E-state index is 12.0. The fourth-order valence-corrected chi connectivity index (χ4v) is 4.21. The highest BCUT2D eigenvalue weighted by molar-refractivity contribution is 7.89. The summed E-state index contributed by atoms with van der Waals surface area (Å²) in [5.41, 5.74) is 0. The third-order valence-electron chi connectivity index (χ3n) is 3.94. The Balaban J connectivity index is 1.61. The molecular formula is C16H28N4O3S2. The predicted molar refractivity (Wildman–Crippen MR) is 103 cm³/mol. The number of nitrogens with zero attached hydrogens (tertiary/aromatic N) is 1. The van der Waals surface area contributed by atoms with E-state index in [1.165, 1.54) is 4.88 Å². The van der Waals surface area contributed by atoms with Crippen molar-refractivity contribution in [3.63, 3.8) is 0 Å². The van der Waals surface area contributed by atoms with Gasteiger partial charge < -0.3 is 15.4 Å². The van der Waals surface area contributed by atoms with Crippen molar-refractivity contribution in [2.45, 2.75) is 31.8 Å². The first kappa shape index (κ1) is 20.2. The van der Waals surface area contributed by atoms with Gasteiger partial charge in [0.2, 0.25) is 10.0 Å². The van der Waals surface area contributed by atoms with Crippen molar-refractivity contribution in [2.75, 3.05) is 39.0 Å². The van der Waals surface area contributed by atoms with Crippen LogP contribution in [-0.2, 0) is 21.2 Å². The largest absolute Gasteiger partial charge is 0.377 e. The molecule has 1 aromatic rings. The lowest BCUT2D eigenvalue weighted by atomic mass is 10.1. The molecule has 2 rings (SSSR count). The van der Waals surface area contributed by atoms with E-state index in [2.05, 4.69) is 31.8 Å². The Kier molecular flexibility index (Phi) is 8.66. The second-order valence-corrected chi connectivity index (χ2v) is 8.87. The van der Waals surface area contributed by atoms with Crippen molar-refractivity contribution in [2.24, 2.45) is 4.99 Å². The van der Waals surface area contributed by atoms with Gasteiger partial charge in [-0.15, -0.1) is 11.3 Å². The molecule has 0 bridgehead atoms. The van der Waals surface area contributed by atoms with Crippen LogP contribution in [0.4, 0.5) is 0 Å². The Morgan fingerprint density at radius 1 is 1.36 bits per heavy atom. The summed E-state index contributed by atoms with van der Waals surface area (Å²) in [7, 11) is -1.64. The molecule has 1 aliphatic heterocycles. The van der Waals surface area contributed by atoms with Gasteiger partial charge in [0.1, 0.15) is 0 Å². The second kappa shape index (κ2) is 10.7. The fraction of sp³-hybridized carbons (Fsp3) is 0.688. The highest BCUT2D eigenvalue weighted by Crippen LogP contribution is 2.11. The maximum absolute atomic E-state index is 12.0. The van der Waals surface area contributed by atoms with Crippen LogP contribution in [0.15, 0.2) is 22.5 Å². The average Bonchev–Trinajstić information content (AvgIpc) is 3.13. The first-order valence-electron chi connectivity index (χ1n) is 8.65. The molecule has 0 amide bonds. The molecule has 1 aromatic heterocycles. The molecule has 0 saturated carbocycles. The van der Waals surface area contributed by atoms with Crippen molar-refractivity contribution in [1.29, 1.82) is 0 Å². The summed E-state index contributed by atoms with van der Waals surface area (Å²) in [6.07, 6.45) is 4.00. The van der Waals surface area contributed by atoms with Gasteiger partial charge in [0, 0.05) is 38.2 Å². The minimum absolute atomic E-state index is 0.00293. The molecular weight excluding hydrogens is 360 g/mol. The monoisotopic (exact) mass is 388 g/mol. The minimum Gasteiger partial charge on any atom is -0.377 e. The van der Waals surface area contributed by atoms with Gasteiger partial charge in [0.15, 0.2) is 5.96 Å². The number of guanidine groups is 1. The van der Waals surface area contributed by atoms with Crippen LogP contribution in [0.3, 0.4) is 0 Å². The molecule has 0 aromatic carbocycles. The maximum Gasteiger partial charge on any atom is 0.213 e. The molecule has 3 N–H and O–H groups in total. The van der Waals surface area contributed by atoms with Crippen LogP contribution < -0.4 is 15.4 Å². The molecule has 9 heteroatoms. The standard InChI is InChI=1S/C16H28N4O3S2/c1-17-16(18-8-7-15-6-4-11-24-15)19-9-12-25(21,22)20-13-14-5-2-3-10-23-14/h4,6,11,14,20H,2-3,5,7-10,12-13H2,1H3,(H2,17,18,19). The summed E-state index contributed by atoms with van der Waals surface area (Å²) in [6, 6.07) is 4.13. The quantitative estimate of drug-likeness (QED) is 0.433. The van der Waals surface area contributed by atoms with E-state index in [0.717, 1.165) is 38.8 Å². The molecule has 7 nitrogen and oxygen atoms in total. The lowest BCUT2D eigenvalue weighted by molar-refractivity contribution is 0.0200. The van der Waals surface area contributed by atoms with Crippen LogP contribution in [-0.4, -0.2) is 59.5 Å². The van der Waals surface area contributed by atoms with Crippen LogP contribution >= 0.6 is 11.3 Å². The van der Waals surface area contributed by atoms with Gasteiger partial charge in [-0.2, -0.15) is 0 Å². The second-order valence-electron chi connectivity index (χ2n) is 5.91. The summed E-state index contributed by atoms with van der Waals surface area (Å²) in [4.78, 5) is 5.41. The number of rotatable bonds is 9. The van der Waals surface area contributed by atoms with E-state index in [9.17, 15) is 8.42 Å². The Hall–Kier alpha value is -1.16. The zero-order valence-corrected chi connectivity index (χ0v) is 16.3. The van der Waals surface area contributed by atoms with E-state index in [4.69, 9.17) is 4.74 Å². The van der Waals surface area contributed by atoms with Gasteiger partial charge in [0.05, 0.1) is 11.9 Å². The van der Waals surface area contributed by atoms with E-state index >= 15 is 0 Å². The lowest BCUT2D eigenvalue weighted by Crippen LogP contribution is -2.43. The minimum atomic E-state index is -3.31. The molecule has 0 aliphatic carbocycles. The average molecular weight is 389 g/mol. The van der Waals surface area contributed by atoms with E-state index in [1.807, 2.05) is 6.07 Å². The number of hydrogen-bond donors (Lipinski definition) is 3. The van der Waals surface area contributed by atoms with Crippen molar-refractivity contribution >= 4 is 27.3 Å². The van der Waals surface area contributed by atoms with Gasteiger partial charge in [-0.3, -0.25) is 4.99 Å². The lowest BCUT2D eigenvalue weighted by Gasteiger charge is -2.22. The molecule has 0 radical (unpaired) electrons. The number of sulfonamides is 1. The summed E-state index contributed by atoms with van der Waals surface area (Å²) in [5, 5.41) is 8.28. The van der Waals surface area contributed by atoms with Crippen LogP contribution in [0.25, 0.3) is 0 Å². The summed E-state index contributed by atoms with van der Waals surface area (Å²) in [6.45, 7) is 2.14. The molecule has 25 heavy (non-hydrogen) atoms. The van der Waals surface area contributed by atoms with E-state index in [0.29, 0.717) is 19.0 Å². The molecule has 2 heterocycles. The van der Waals surface area contributed by atoms with Crippen molar-refractivity contribution in [1.82, 2.24) is 15.4 Å². The van der Waals surface area contributed by atoms with E-state index < -0.39 is 10.0 Å². The highest BCUT2D eigenvalue weighted by Gasteiger charge is 2.17. The summed E-state index contributed by atoms with van der Waals surface area (Å²) in [5.74, 6) is 0.619. The van der Waals surface area contributed by atoms with Crippen LogP contribution in [0.5, 0.6) is 0 Å². The molecule has 1 saturated heterocycles. The zero-order chi connectivity index (χ0) is 18.0. The van der Waals surface area contributed by atoms with E-state index in [1.54, 1.807) is 18.4 Å². The van der Waals surface area contributed by atoms with Crippen molar-refractivity contribution < 1.29 is 13.2 Å².